The molecule has 366 valence electrons. The summed E-state index contributed by atoms with van der Waals surface area (Å²) in [7, 11) is 0. The number of amides is 1. The number of allylic oxidation sites excluding steroid dienone is 21. The van der Waals surface area contributed by atoms with Crippen molar-refractivity contribution in [3.8, 4) is 0 Å². The van der Waals surface area contributed by atoms with Gasteiger partial charge in [0.15, 0.2) is 6.29 Å². The molecule has 0 aromatic carbocycles. The van der Waals surface area contributed by atoms with Crippen LogP contribution in [-0.4, -0.2) is 87.5 Å². The Morgan fingerprint density at radius 3 is 1.48 bits per heavy atom. The maximum Gasteiger partial charge on any atom is 0.220 e. The number of carbonyl (C=O) groups excluding carboxylic acids is 1. The van der Waals surface area contributed by atoms with Crippen molar-refractivity contribution in [2.45, 2.75) is 198 Å². The van der Waals surface area contributed by atoms with E-state index in [1.807, 2.05) is 6.08 Å². The number of ether oxygens (including phenoxy) is 2. The van der Waals surface area contributed by atoms with Crippen LogP contribution >= 0.6 is 0 Å². The number of aliphatic hydroxyl groups excluding tert-OH is 5. The standard InChI is InChI=1S/C56H89NO8/c1-3-5-7-9-11-13-15-17-18-19-20-21-22-23-24-25-26-27-28-29-30-31-32-34-36-38-40-42-44-46-52(60)57-49(48-64-56-55(63)54(62)53(61)51(47-58)65-56)50(59)45-43-41-39-37-35-33-16-14-12-10-8-6-4-2/h5,7,11,13,17-18,20-21,23-24,26-27,29-30,32,34-35,37-38,40,43,45,49-51,53-56,58-59,61-63H,3-4,6,8-10,12,14-16,19,22,25,28,31,33,36,39,41-42,44,46-48H2,1-2H3,(H,57,60)/b7-5-,13-11-,18-17-,21-20-,24-23-,27-26-,30-29-,34-32-,37-35+,40-38-,45-43+. The summed E-state index contributed by atoms with van der Waals surface area (Å²) in [6.45, 7) is 3.57. The van der Waals surface area contributed by atoms with Gasteiger partial charge in [0.05, 0.1) is 25.4 Å². The maximum absolute atomic E-state index is 13.0. The molecule has 0 aromatic heterocycles. The van der Waals surface area contributed by atoms with Gasteiger partial charge in [-0.3, -0.25) is 4.79 Å². The van der Waals surface area contributed by atoms with E-state index >= 15 is 0 Å². The Bertz CT molecular complexity index is 1470. The first-order valence-electron chi connectivity index (χ1n) is 24.9. The molecule has 0 aliphatic carbocycles. The minimum absolute atomic E-state index is 0.234. The van der Waals surface area contributed by atoms with E-state index in [4.69, 9.17) is 9.47 Å². The van der Waals surface area contributed by atoms with Gasteiger partial charge in [-0.1, -0.05) is 186 Å². The van der Waals surface area contributed by atoms with Gasteiger partial charge in [-0.05, 0) is 96.3 Å². The Labute approximate surface area is 394 Å². The average molecular weight is 904 g/mol. The summed E-state index contributed by atoms with van der Waals surface area (Å²) < 4.78 is 11.2. The van der Waals surface area contributed by atoms with E-state index in [1.54, 1.807) is 6.08 Å². The van der Waals surface area contributed by atoms with Gasteiger partial charge in [0.2, 0.25) is 5.91 Å². The average Bonchev–Trinajstić information content (AvgIpc) is 3.31. The Hall–Kier alpha value is -3.67. The van der Waals surface area contributed by atoms with Crippen molar-refractivity contribution < 1.29 is 39.8 Å². The predicted octanol–water partition coefficient (Wildman–Crippen LogP) is 11.4. The van der Waals surface area contributed by atoms with E-state index in [0.29, 0.717) is 6.42 Å². The number of hydrogen-bond donors (Lipinski definition) is 6. The number of unbranched alkanes of at least 4 members (excludes halogenated alkanes) is 9. The lowest BCUT2D eigenvalue weighted by Crippen LogP contribution is -2.60. The summed E-state index contributed by atoms with van der Waals surface area (Å²) in [6, 6.07) is -0.862. The molecule has 1 heterocycles. The molecule has 7 unspecified atom stereocenters. The number of rotatable bonds is 39. The van der Waals surface area contributed by atoms with Crippen LogP contribution in [0.15, 0.2) is 134 Å². The quantitative estimate of drug-likeness (QED) is 0.0264. The summed E-state index contributed by atoms with van der Waals surface area (Å²) in [5.41, 5.74) is 0. The van der Waals surface area contributed by atoms with Crippen molar-refractivity contribution in [1.29, 1.82) is 0 Å². The highest BCUT2D eigenvalue weighted by Gasteiger charge is 2.44. The van der Waals surface area contributed by atoms with E-state index in [0.717, 1.165) is 83.5 Å². The first kappa shape index (κ1) is 59.3. The van der Waals surface area contributed by atoms with E-state index in [2.05, 4.69) is 141 Å². The molecule has 9 nitrogen and oxygen atoms in total. The lowest BCUT2D eigenvalue weighted by molar-refractivity contribution is -0.302. The van der Waals surface area contributed by atoms with Gasteiger partial charge in [0.25, 0.3) is 0 Å². The molecule has 65 heavy (non-hydrogen) atoms. The van der Waals surface area contributed by atoms with Crippen molar-refractivity contribution in [3.63, 3.8) is 0 Å². The number of hydrogen-bond acceptors (Lipinski definition) is 8. The molecule has 1 amide bonds. The molecule has 0 aromatic rings. The molecular formula is C56H89NO8. The molecule has 1 rings (SSSR count). The zero-order valence-corrected chi connectivity index (χ0v) is 40.2. The van der Waals surface area contributed by atoms with Crippen LogP contribution < -0.4 is 5.32 Å². The molecule has 6 N–H and O–H groups in total. The molecule has 0 radical (unpaired) electrons. The zero-order chi connectivity index (χ0) is 47.3. The molecule has 7 atom stereocenters. The third kappa shape index (κ3) is 34.3. The van der Waals surface area contributed by atoms with Gasteiger partial charge < -0.3 is 40.3 Å². The van der Waals surface area contributed by atoms with Crippen molar-refractivity contribution in [3.05, 3.63) is 134 Å². The largest absolute Gasteiger partial charge is 0.394 e. The molecule has 9 heteroatoms. The van der Waals surface area contributed by atoms with E-state index in [-0.39, 0.29) is 18.9 Å². The molecule has 1 aliphatic heterocycles. The Balaban J connectivity index is 2.36. The molecule has 0 spiro atoms. The topological polar surface area (TPSA) is 149 Å². The third-order valence-electron chi connectivity index (χ3n) is 10.7. The molecule has 1 saturated heterocycles. The van der Waals surface area contributed by atoms with Gasteiger partial charge in [-0.15, -0.1) is 0 Å². The fraction of sp³-hybridized carbons (Fsp3) is 0.589. The second-order valence-electron chi connectivity index (χ2n) is 16.5. The van der Waals surface area contributed by atoms with Crippen LogP contribution in [0.2, 0.25) is 0 Å². The normalized spacial score (nSPS) is 21.1. The van der Waals surface area contributed by atoms with E-state index < -0.39 is 49.5 Å². The van der Waals surface area contributed by atoms with Crippen LogP contribution in [0.25, 0.3) is 0 Å². The first-order chi connectivity index (χ1) is 31.8. The van der Waals surface area contributed by atoms with Gasteiger partial charge in [0, 0.05) is 6.42 Å². The van der Waals surface area contributed by atoms with Crippen molar-refractivity contribution in [1.82, 2.24) is 5.32 Å². The first-order valence-corrected chi connectivity index (χ1v) is 24.9. The third-order valence-corrected chi connectivity index (χ3v) is 10.7. The van der Waals surface area contributed by atoms with E-state index in [1.165, 1.54) is 44.9 Å². The van der Waals surface area contributed by atoms with Crippen LogP contribution in [0.4, 0.5) is 0 Å². The number of aliphatic hydroxyl groups is 5. The van der Waals surface area contributed by atoms with Crippen LogP contribution in [0, 0.1) is 0 Å². The Morgan fingerprint density at radius 1 is 0.538 bits per heavy atom. The molecule has 1 fully saturated rings. The molecule has 1 aliphatic rings. The predicted molar refractivity (Wildman–Crippen MR) is 271 cm³/mol. The maximum atomic E-state index is 13.0. The summed E-state index contributed by atoms with van der Waals surface area (Å²) in [4.78, 5) is 13.0. The van der Waals surface area contributed by atoms with E-state index in [9.17, 15) is 30.3 Å². The monoisotopic (exact) mass is 904 g/mol. The van der Waals surface area contributed by atoms with Gasteiger partial charge in [-0.25, -0.2) is 0 Å². The fourth-order valence-corrected chi connectivity index (χ4v) is 6.76. The molecular weight excluding hydrogens is 815 g/mol. The van der Waals surface area contributed by atoms with Gasteiger partial charge in [-0.2, -0.15) is 0 Å². The van der Waals surface area contributed by atoms with Crippen molar-refractivity contribution in [2.75, 3.05) is 13.2 Å². The Morgan fingerprint density at radius 2 is 0.969 bits per heavy atom. The molecule has 0 bridgehead atoms. The van der Waals surface area contributed by atoms with Crippen LogP contribution in [0.3, 0.4) is 0 Å². The minimum Gasteiger partial charge on any atom is -0.394 e. The second kappa shape index (κ2) is 44.2. The van der Waals surface area contributed by atoms with Crippen molar-refractivity contribution >= 4 is 5.91 Å². The Kier molecular flexibility index (Phi) is 40.3. The summed E-state index contributed by atoms with van der Waals surface area (Å²) in [5, 5.41) is 54.1. The van der Waals surface area contributed by atoms with Gasteiger partial charge >= 0.3 is 0 Å². The SMILES string of the molecule is CC/C=C\C/C=C\C/C=C\C/C=C\C/C=C\C/C=C\C/C=C\C/C=C\C/C=C\CCCC(=O)NC(COC1OC(CO)C(O)C(O)C1O)C(O)/C=C/CC/C=C/CCCCCCCCC. The smallest absolute Gasteiger partial charge is 0.220 e. The lowest BCUT2D eigenvalue weighted by atomic mass is 9.99. The lowest BCUT2D eigenvalue weighted by Gasteiger charge is -2.40. The van der Waals surface area contributed by atoms with Crippen LogP contribution in [0.5, 0.6) is 0 Å². The number of nitrogens with one attached hydrogen (secondary N) is 1. The summed E-state index contributed by atoms with van der Waals surface area (Å²) in [6.07, 6.45) is 60.8. The highest BCUT2D eigenvalue weighted by Crippen LogP contribution is 2.22. The fourth-order valence-electron chi connectivity index (χ4n) is 6.76. The second-order valence-corrected chi connectivity index (χ2v) is 16.5. The van der Waals surface area contributed by atoms with Gasteiger partial charge in [0.1, 0.15) is 24.4 Å². The highest BCUT2D eigenvalue weighted by molar-refractivity contribution is 5.76. The van der Waals surface area contributed by atoms with Crippen LogP contribution in [-0.2, 0) is 14.3 Å². The van der Waals surface area contributed by atoms with Crippen molar-refractivity contribution in [2.24, 2.45) is 0 Å². The highest BCUT2D eigenvalue weighted by atomic mass is 16.7. The molecule has 0 saturated carbocycles. The van der Waals surface area contributed by atoms with Crippen LogP contribution in [0.1, 0.15) is 155 Å². The zero-order valence-electron chi connectivity index (χ0n) is 40.2. The summed E-state index contributed by atoms with van der Waals surface area (Å²) in [5.74, 6) is -0.253. The number of carbonyl (C=O) groups is 1. The summed E-state index contributed by atoms with van der Waals surface area (Å²) >= 11 is 0. The minimum atomic E-state index is -1.59.